The third kappa shape index (κ3) is 6.85. The molecule has 172 valence electrons. The van der Waals surface area contributed by atoms with Crippen molar-refractivity contribution in [2.24, 2.45) is 0 Å². The van der Waals surface area contributed by atoms with Crippen molar-refractivity contribution in [3.63, 3.8) is 0 Å². The predicted molar refractivity (Wildman–Crippen MR) is 133 cm³/mol. The minimum atomic E-state index is -0.0715. The Labute approximate surface area is 199 Å². The number of carbonyl (C=O) groups excluding carboxylic acids is 1. The third-order valence-corrected chi connectivity index (χ3v) is 5.62. The van der Waals surface area contributed by atoms with Crippen LogP contribution in [0.25, 0.3) is 5.70 Å². The first-order valence-electron chi connectivity index (χ1n) is 10.8. The third-order valence-electron chi connectivity index (χ3n) is 4.95. The van der Waals surface area contributed by atoms with Gasteiger partial charge in [-0.3, -0.25) is 9.78 Å². The summed E-state index contributed by atoms with van der Waals surface area (Å²) in [5, 5.41) is 7.41. The molecule has 0 spiro atoms. The van der Waals surface area contributed by atoms with Crippen molar-refractivity contribution in [3.05, 3.63) is 52.9 Å². The van der Waals surface area contributed by atoms with Gasteiger partial charge in [-0.1, -0.05) is 31.0 Å². The molecule has 3 rings (SSSR count). The number of halogens is 1. The molecule has 0 bridgehead atoms. The van der Waals surface area contributed by atoms with Gasteiger partial charge in [0.25, 0.3) is 5.91 Å². The van der Waals surface area contributed by atoms with Crippen molar-refractivity contribution in [3.8, 4) is 0 Å². The number of nitrogens with one attached hydrogen (secondary N) is 2. The van der Waals surface area contributed by atoms with E-state index in [0.717, 1.165) is 36.2 Å². The average Bonchev–Trinajstić information content (AvgIpc) is 3.09. The summed E-state index contributed by atoms with van der Waals surface area (Å²) in [5.41, 5.74) is 3.03. The van der Waals surface area contributed by atoms with Gasteiger partial charge in [-0.15, -0.1) is 11.8 Å². The van der Waals surface area contributed by atoms with Crippen LogP contribution in [0.3, 0.4) is 0 Å². The molecular weight excluding hydrogens is 446 g/mol. The molecule has 0 atom stereocenters. The first kappa shape index (κ1) is 24.4. The molecule has 0 aliphatic carbocycles. The molecule has 1 amide bonds. The lowest BCUT2D eigenvalue weighted by Gasteiger charge is -2.21. The number of ether oxygens (including phenoxy) is 1. The van der Waals surface area contributed by atoms with Crippen molar-refractivity contribution in [2.75, 3.05) is 49.1 Å². The fraction of sp³-hybridized carbons (Fsp3) is 0.435. The van der Waals surface area contributed by atoms with Crippen LogP contribution in [0.1, 0.15) is 42.2 Å². The Morgan fingerprint density at radius 1 is 1.31 bits per heavy atom. The van der Waals surface area contributed by atoms with E-state index in [9.17, 15) is 4.79 Å². The molecule has 7 nitrogen and oxygen atoms in total. The van der Waals surface area contributed by atoms with E-state index in [1.165, 1.54) is 0 Å². The fourth-order valence-corrected chi connectivity index (χ4v) is 3.78. The van der Waals surface area contributed by atoms with Gasteiger partial charge in [0.2, 0.25) is 0 Å². The van der Waals surface area contributed by atoms with Crippen LogP contribution in [0.2, 0.25) is 5.02 Å². The zero-order valence-electron chi connectivity index (χ0n) is 18.6. The highest BCUT2D eigenvalue weighted by Crippen LogP contribution is 2.27. The Balaban J connectivity index is 1.93. The molecule has 2 aromatic rings. The lowest BCUT2D eigenvalue weighted by molar-refractivity contribution is 0.0735. The van der Waals surface area contributed by atoms with Gasteiger partial charge < -0.3 is 20.3 Å². The molecule has 0 unspecified atom stereocenters. The number of allylic oxidation sites excluding steroid dienone is 1. The van der Waals surface area contributed by atoms with Gasteiger partial charge in [-0.2, -0.15) is 0 Å². The van der Waals surface area contributed by atoms with Gasteiger partial charge >= 0.3 is 0 Å². The average molecular weight is 476 g/mol. The summed E-state index contributed by atoms with van der Waals surface area (Å²) < 4.78 is 5.48. The number of amides is 1. The monoisotopic (exact) mass is 475 g/mol. The predicted octanol–water partition coefficient (Wildman–Crippen LogP) is 4.98. The Morgan fingerprint density at radius 3 is 2.97 bits per heavy atom. The molecule has 9 heteroatoms. The van der Waals surface area contributed by atoms with Crippen LogP contribution < -0.4 is 10.6 Å². The largest absolute Gasteiger partial charge is 0.380 e. The number of carbonyl (C=O) groups is 1. The highest BCUT2D eigenvalue weighted by Gasteiger charge is 2.21. The summed E-state index contributed by atoms with van der Waals surface area (Å²) in [6, 6.07) is 5.36. The minimum absolute atomic E-state index is 0.0715. The number of unbranched alkanes of at least 4 members (excludes halogenated alkanes) is 1. The van der Waals surface area contributed by atoms with Crippen LogP contribution in [-0.2, 0) is 4.74 Å². The maximum atomic E-state index is 13.1. The molecular formula is C23H30ClN5O2S. The summed E-state index contributed by atoms with van der Waals surface area (Å²) in [4.78, 5) is 23.8. The summed E-state index contributed by atoms with van der Waals surface area (Å²) in [6.07, 6.45) is 10.3. The Kier molecular flexibility index (Phi) is 9.64. The van der Waals surface area contributed by atoms with Crippen molar-refractivity contribution in [1.29, 1.82) is 0 Å². The normalized spacial score (nSPS) is 14.7. The van der Waals surface area contributed by atoms with Gasteiger partial charge in [0.1, 0.15) is 11.5 Å². The first-order chi connectivity index (χ1) is 15.6. The Bertz CT molecular complexity index is 932. The quantitative estimate of drug-likeness (QED) is 0.495. The fourth-order valence-electron chi connectivity index (χ4n) is 3.32. The van der Waals surface area contributed by atoms with Crippen LogP contribution in [0.5, 0.6) is 0 Å². The van der Waals surface area contributed by atoms with E-state index >= 15 is 0 Å². The lowest BCUT2D eigenvalue weighted by Crippen LogP contribution is -2.33. The van der Waals surface area contributed by atoms with Crippen LogP contribution in [0, 0.1) is 0 Å². The number of hydrogen-bond donors (Lipinski definition) is 2. The summed E-state index contributed by atoms with van der Waals surface area (Å²) in [7, 11) is 0. The van der Waals surface area contributed by atoms with Gasteiger partial charge in [-0.25, -0.2) is 4.98 Å². The number of nitrogens with zero attached hydrogens (tertiary/aromatic N) is 3. The molecule has 32 heavy (non-hydrogen) atoms. The van der Waals surface area contributed by atoms with Crippen LogP contribution in [0.15, 0.2) is 36.7 Å². The highest BCUT2D eigenvalue weighted by molar-refractivity contribution is 7.98. The number of aromatic nitrogens is 2. The standard InChI is InChI=1S/C23H30ClN5O2S/c1-3-4-6-19(28-22-13-17(24)7-8-25-22)18-15-26-21(14-20(18)27-16-32-2)23(30)29-9-5-11-31-12-10-29/h6-8,13-15H,3-5,9-12,16H2,1-2H3,(H,25,28)(H,26,27)/b19-6+. The number of rotatable bonds is 9. The maximum Gasteiger partial charge on any atom is 0.272 e. The molecule has 2 aromatic heterocycles. The van der Waals surface area contributed by atoms with Crippen LogP contribution >= 0.6 is 23.4 Å². The van der Waals surface area contributed by atoms with Crippen LogP contribution in [0.4, 0.5) is 11.5 Å². The number of hydrogen-bond acceptors (Lipinski definition) is 7. The summed E-state index contributed by atoms with van der Waals surface area (Å²) in [6.45, 7) is 4.63. The second-order valence-corrected chi connectivity index (χ2v) is 8.68. The van der Waals surface area contributed by atoms with Crippen LogP contribution in [-0.4, -0.2) is 59.2 Å². The second-order valence-electron chi connectivity index (χ2n) is 7.37. The van der Waals surface area contributed by atoms with Gasteiger partial charge in [0, 0.05) is 54.1 Å². The zero-order valence-corrected chi connectivity index (χ0v) is 20.1. The molecule has 2 N–H and O–H groups in total. The molecule has 1 saturated heterocycles. The van der Waals surface area contributed by atoms with E-state index in [0.29, 0.717) is 48.7 Å². The van der Waals surface area contributed by atoms with Gasteiger partial charge in [0.15, 0.2) is 0 Å². The zero-order chi connectivity index (χ0) is 22.8. The van der Waals surface area contributed by atoms with Crippen molar-refractivity contribution in [1.82, 2.24) is 14.9 Å². The van der Waals surface area contributed by atoms with E-state index in [4.69, 9.17) is 16.3 Å². The smallest absolute Gasteiger partial charge is 0.272 e. The molecule has 0 aromatic carbocycles. The van der Waals surface area contributed by atoms with Crippen molar-refractivity contribution < 1.29 is 9.53 Å². The molecule has 3 heterocycles. The van der Waals surface area contributed by atoms with E-state index in [-0.39, 0.29) is 5.91 Å². The first-order valence-corrected chi connectivity index (χ1v) is 12.6. The molecule has 1 fully saturated rings. The Morgan fingerprint density at radius 2 is 2.19 bits per heavy atom. The number of anilines is 2. The maximum absolute atomic E-state index is 13.1. The van der Waals surface area contributed by atoms with Crippen molar-refractivity contribution in [2.45, 2.75) is 26.2 Å². The van der Waals surface area contributed by atoms with Gasteiger partial charge in [-0.05, 0) is 37.3 Å². The molecule has 1 aliphatic heterocycles. The molecule has 0 saturated carbocycles. The topological polar surface area (TPSA) is 79.4 Å². The highest BCUT2D eigenvalue weighted by atomic mass is 35.5. The van der Waals surface area contributed by atoms with E-state index < -0.39 is 0 Å². The minimum Gasteiger partial charge on any atom is -0.380 e. The van der Waals surface area contributed by atoms with Gasteiger partial charge in [0.05, 0.1) is 12.5 Å². The molecule has 1 aliphatic rings. The lowest BCUT2D eigenvalue weighted by atomic mass is 10.1. The number of pyridine rings is 2. The SMILES string of the molecule is CCC/C=C(/Nc1cc(Cl)ccn1)c1cnc(C(=O)N2CCCOCC2)cc1NCSC. The summed E-state index contributed by atoms with van der Waals surface area (Å²) in [5.74, 6) is 1.29. The van der Waals surface area contributed by atoms with Crippen molar-refractivity contribution >= 4 is 46.5 Å². The summed E-state index contributed by atoms with van der Waals surface area (Å²) >= 11 is 7.81. The van der Waals surface area contributed by atoms with E-state index in [1.807, 2.05) is 17.2 Å². The molecule has 0 radical (unpaired) electrons. The number of thioether (sulfide) groups is 1. The second kappa shape index (κ2) is 12.7. The Hall–Kier alpha value is -2.29. The van der Waals surface area contributed by atoms with E-state index in [1.54, 1.807) is 36.3 Å². The van der Waals surface area contributed by atoms with E-state index in [2.05, 4.69) is 33.6 Å².